The molecule has 15 heavy (non-hydrogen) atoms. The second-order valence-electron chi connectivity index (χ2n) is 3.74. The number of nitrogens with one attached hydrogen (secondary N) is 1. The fraction of sp³-hybridized carbons (Fsp3) is 0.300. The average molecular weight is 206 g/mol. The van der Waals surface area contributed by atoms with Crippen molar-refractivity contribution in [3.8, 4) is 0 Å². The predicted octanol–water partition coefficient (Wildman–Crippen LogP) is -0.623. The van der Waals surface area contributed by atoms with Crippen LogP contribution in [-0.2, 0) is 11.2 Å². The summed E-state index contributed by atoms with van der Waals surface area (Å²) >= 11 is 0. The Balaban J connectivity index is 2.92. The van der Waals surface area contributed by atoms with E-state index in [0.717, 1.165) is 11.0 Å². The zero-order chi connectivity index (χ0) is 11.4. The van der Waals surface area contributed by atoms with E-state index in [9.17, 15) is 4.79 Å². The quantitative estimate of drug-likeness (QED) is 0.511. The maximum absolute atomic E-state index is 11.5. The molecule has 0 aliphatic carbocycles. The van der Waals surface area contributed by atoms with Gasteiger partial charge in [0.25, 0.3) is 0 Å². The third kappa shape index (κ3) is 2.99. The van der Waals surface area contributed by atoms with E-state index in [1.807, 2.05) is 20.0 Å². The van der Waals surface area contributed by atoms with Crippen LogP contribution in [0.15, 0.2) is 18.2 Å². The lowest BCUT2D eigenvalue weighted by Gasteiger charge is -2.13. The second-order valence-corrected chi connectivity index (χ2v) is 3.74. The first kappa shape index (κ1) is 11.6. The van der Waals surface area contributed by atoms with Gasteiger partial charge in [0.2, 0.25) is 5.91 Å². The van der Waals surface area contributed by atoms with E-state index in [1.165, 1.54) is 4.90 Å². The molecule has 0 bridgehead atoms. The van der Waals surface area contributed by atoms with E-state index in [-0.39, 0.29) is 12.3 Å². The summed E-state index contributed by atoms with van der Waals surface area (Å²) in [6, 6.07) is 5.52. The molecule has 1 rings (SSSR count). The van der Waals surface area contributed by atoms with Gasteiger partial charge >= 0.3 is 0 Å². The van der Waals surface area contributed by atoms with Gasteiger partial charge in [0, 0.05) is 14.1 Å². The molecule has 0 saturated carbocycles. The third-order valence-corrected chi connectivity index (χ3v) is 2.22. The molecule has 5 heteroatoms. The molecular weight excluding hydrogens is 191 g/mol. The Morgan fingerprint density at radius 1 is 1.53 bits per heavy atom. The zero-order valence-electron chi connectivity index (χ0n) is 9.24. The normalized spacial score (nSPS) is 9.80. The molecule has 0 fully saturated rings. The van der Waals surface area contributed by atoms with Gasteiger partial charge in [-0.1, -0.05) is 17.6 Å². The van der Waals surface area contributed by atoms with Gasteiger partial charge in [0.1, 0.15) is 7.85 Å². The van der Waals surface area contributed by atoms with Crippen LogP contribution in [0.1, 0.15) is 5.56 Å². The Morgan fingerprint density at radius 2 is 2.20 bits per heavy atom. The fourth-order valence-electron chi connectivity index (χ4n) is 1.30. The molecule has 4 nitrogen and oxygen atoms in total. The molecule has 1 aromatic rings. The number of hydrogen-bond donors (Lipinski definition) is 2. The highest BCUT2D eigenvalue weighted by Crippen LogP contribution is 2.13. The van der Waals surface area contributed by atoms with Crippen LogP contribution in [0, 0.1) is 0 Å². The molecule has 0 aliphatic rings. The summed E-state index contributed by atoms with van der Waals surface area (Å²) in [4.78, 5) is 13.0. The number of carbonyl (C=O) groups is 1. The lowest BCUT2D eigenvalue weighted by Crippen LogP contribution is -2.24. The van der Waals surface area contributed by atoms with Gasteiger partial charge in [-0.3, -0.25) is 15.5 Å². The Bertz CT molecular complexity index is 366. The molecule has 80 valence electrons. The van der Waals surface area contributed by atoms with Gasteiger partial charge in [-0.15, -0.1) is 0 Å². The molecular formula is C10H15BN2O2. The number of nitrogens with zero attached hydrogens (tertiary/aromatic N) is 1. The first-order valence-corrected chi connectivity index (χ1v) is 4.74. The lowest BCUT2D eigenvalue weighted by atomic mass is 9.92. The minimum absolute atomic E-state index is 0.0112. The minimum Gasteiger partial charge on any atom is -0.349 e. The monoisotopic (exact) mass is 206 g/mol. The van der Waals surface area contributed by atoms with Crippen LogP contribution < -0.4 is 10.9 Å². The van der Waals surface area contributed by atoms with Crippen molar-refractivity contribution >= 4 is 24.9 Å². The fourth-order valence-corrected chi connectivity index (χ4v) is 1.30. The summed E-state index contributed by atoms with van der Waals surface area (Å²) in [7, 11) is 5.37. The van der Waals surface area contributed by atoms with Crippen LogP contribution in [0.25, 0.3) is 0 Å². The number of anilines is 1. The molecule has 0 aliphatic heterocycles. The highest BCUT2D eigenvalue weighted by Gasteiger charge is 2.09. The molecule has 2 N–H and O–H groups in total. The van der Waals surface area contributed by atoms with Gasteiger partial charge < -0.3 is 4.90 Å². The molecule has 0 aromatic heterocycles. The van der Waals surface area contributed by atoms with E-state index >= 15 is 0 Å². The van der Waals surface area contributed by atoms with Crippen molar-refractivity contribution in [2.24, 2.45) is 0 Å². The van der Waals surface area contributed by atoms with Crippen LogP contribution in [0.4, 0.5) is 5.69 Å². The molecule has 1 aromatic carbocycles. The molecule has 0 radical (unpaired) electrons. The minimum atomic E-state index is 0.0112. The summed E-state index contributed by atoms with van der Waals surface area (Å²) in [6.45, 7) is 0. The number of benzene rings is 1. The lowest BCUT2D eigenvalue weighted by molar-refractivity contribution is -0.127. The molecule has 0 heterocycles. The molecule has 0 saturated heterocycles. The highest BCUT2D eigenvalue weighted by atomic mass is 16.5. The van der Waals surface area contributed by atoms with Gasteiger partial charge in [0.15, 0.2) is 0 Å². The van der Waals surface area contributed by atoms with Crippen molar-refractivity contribution < 1.29 is 10.0 Å². The smallest absolute Gasteiger partial charge is 0.226 e. The van der Waals surface area contributed by atoms with Crippen molar-refractivity contribution in [2.75, 3.05) is 19.6 Å². The number of carbonyl (C=O) groups excluding carboxylic acids is 1. The summed E-state index contributed by atoms with van der Waals surface area (Å²) in [5.41, 5.74) is 4.54. The van der Waals surface area contributed by atoms with Gasteiger partial charge in [-0.05, 0) is 11.6 Å². The Kier molecular flexibility index (Phi) is 3.74. The predicted molar refractivity (Wildman–Crippen MR) is 62.4 cm³/mol. The SMILES string of the molecule is Bc1ccc(NO)c(CC(=O)N(C)C)c1. The molecule has 0 spiro atoms. The average Bonchev–Trinajstić information content (AvgIpc) is 2.18. The highest BCUT2D eigenvalue weighted by molar-refractivity contribution is 6.32. The van der Waals surface area contributed by atoms with Crippen molar-refractivity contribution in [3.05, 3.63) is 23.8 Å². The van der Waals surface area contributed by atoms with Crippen LogP contribution >= 0.6 is 0 Å². The van der Waals surface area contributed by atoms with Crippen LogP contribution in [0.5, 0.6) is 0 Å². The molecule has 1 amide bonds. The first-order chi connectivity index (χ1) is 7.04. The van der Waals surface area contributed by atoms with Crippen molar-refractivity contribution in [2.45, 2.75) is 6.42 Å². The van der Waals surface area contributed by atoms with Gasteiger partial charge in [-0.25, -0.2) is 0 Å². The number of likely N-dealkylation sites (N-methyl/N-ethyl adjacent to an activating group) is 1. The van der Waals surface area contributed by atoms with Crippen LogP contribution in [0.2, 0.25) is 0 Å². The Labute approximate surface area is 90.3 Å². The van der Waals surface area contributed by atoms with E-state index in [0.29, 0.717) is 5.69 Å². The number of hydrogen-bond acceptors (Lipinski definition) is 3. The van der Waals surface area contributed by atoms with Gasteiger partial charge in [0.05, 0.1) is 12.1 Å². The zero-order valence-corrected chi connectivity index (χ0v) is 9.24. The van der Waals surface area contributed by atoms with Gasteiger partial charge in [-0.2, -0.15) is 0 Å². The number of rotatable bonds is 3. The van der Waals surface area contributed by atoms with Crippen LogP contribution in [0.3, 0.4) is 0 Å². The van der Waals surface area contributed by atoms with Crippen LogP contribution in [-0.4, -0.2) is 38.0 Å². The summed E-state index contributed by atoms with van der Waals surface area (Å²) in [5, 5.41) is 8.89. The van der Waals surface area contributed by atoms with E-state index in [4.69, 9.17) is 5.21 Å². The number of amides is 1. The maximum Gasteiger partial charge on any atom is 0.226 e. The third-order valence-electron chi connectivity index (χ3n) is 2.22. The van der Waals surface area contributed by atoms with Crippen molar-refractivity contribution in [3.63, 3.8) is 0 Å². The largest absolute Gasteiger partial charge is 0.349 e. The Hall–Kier alpha value is -1.49. The topological polar surface area (TPSA) is 52.6 Å². The van der Waals surface area contributed by atoms with E-state index < -0.39 is 0 Å². The molecule has 0 unspecified atom stereocenters. The van der Waals surface area contributed by atoms with Crippen molar-refractivity contribution in [1.82, 2.24) is 4.90 Å². The summed E-state index contributed by atoms with van der Waals surface area (Å²) in [6.07, 6.45) is 0.289. The second kappa shape index (κ2) is 4.84. The Morgan fingerprint density at radius 3 is 2.73 bits per heavy atom. The molecule has 0 atom stereocenters. The summed E-state index contributed by atoms with van der Waals surface area (Å²) in [5.74, 6) is 0.0112. The first-order valence-electron chi connectivity index (χ1n) is 4.74. The van der Waals surface area contributed by atoms with Crippen molar-refractivity contribution in [1.29, 1.82) is 0 Å². The standard InChI is InChI=1S/C10H15BN2O2/c1-13(2)10(14)6-7-5-8(11)3-4-9(7)12-15/h3-5,12,15H,6,11H2,1-2H3. The van der Waals surface area contributed by atoms with E-state index in [1.54, 1.807) is 20.2 Å². The maximum atomic E-state index is 11.5. The summed E-state index contributed by atoms with van der Waals surface area (Å²) < 4.78 is 0. The van der Waals surface area contributed by atoms with E-state index in [2.05, 4.69) is 5.48 Å².